The summed E-state index contributed by atoms with van der Waals surface area (Å²) in [6.07, 6.45) is 0.758. The molecule has 0 saturated heterocycles. The van der Waals surface area contributed by atoms with E-state index in [1.165, 1.54) is 12.1 Å². The quantitative estimate of drug-likeness (QED) is 0.488. The first-order chi connectivity index (χ1) is 9.31. The SMILES string of the molecule is C/C(CC(C)C)=N\Nc1ccc([N+](=O)[O-])cc1[N+](=O)[O-]. The molecule has 0 unspecified atom stereocenters. The molecule has 0 bridgehead atoms. The third-order valence-electron chi connectivity index (χ3n) is 2.46. The van der Waals surface area contributed by atoms with Crippen LogP contribution in [0.15, 0.2) is 23.3 Å². The van der Waals surface area contributed by atoms with Gasteiger partial charge in [0.25, 0.3) is 5.69 Å². The number of nitro groups is 2. The Kier molecular flexibility index (Phi) is 5.13. The monoisotopic (exact) mass is 280 g/mol. The summed E-state index contributed by atoms with van der Waals surface area (Å²) in [6.45, 7) is 5.88. The minimum absolute atomic E-state index is 0.128. The van der Waals surface area contributed by atoms with Crippen molar-refractivity contribution in [2.45, 2.75) is 27.2 Å². The summed E-state index contributed by atoms with van der Waals surface area (Å²) in [5, 5.41) is 25.6. The molecule has 1 rings (SSSR count). The highest BCUT2D eigenvalue weighted by Crippen LogP contribution is 2.28. The van der Waals surface area contributed by atoms with Crippen molar-refractivity contribution in [1.82, 2.24) is 0 Å². The molecule has 0 aromatic heterocycles. The van der Waals surface area contributed by atoms with Crippen LogP contribution in [0.2, 0.25) is 0 Å². The van der Waals surface area contributed by atoms with Crippen LogP contribution in [0.4, 0.5) is 17.1 Å². The summed E-state index contributed by atoms with van der Waals surface area (Å²) in [5.41, 5.74) is 2.81. The maximum absolute atomic E-state index is 10.9. The molecule has 20 heavy (non-hydrogen) atoms. The standard InChI is InChI=1S/C12H16N4O4/c1-8(2)6-9(3)13-14-11-5-4-10(15(17)18)7-12(11)16(19)20/h4-5,7-8,14H,6H2,1-3H3/b13-9+. The predicted octanol–water partition coefficient (Wildman–Crippen LogP) is 3.34. The second kappa shape index (κ2) is 6.60. The summed E-state index contributed by atoms with van der Waals surface area (Å²) < 4.78 is 0. The molecule has 0 fully saturated rings. The summed E-state index contributed by atoms with van der Waals surface area (Å²) in [6, 6.07) is 3.39. The van der Waals surface area contributed by atoms with Gasteiger partial charge in [0.2, 0.25) is 0 Å². The van der Waals surface area contributed by atoms with Crippen LogP contribution < -0.4 is 5.43 Å². The van der Waals surface area contributed by atoms with Crippen LogP contribution in [0.5, 0.6) is 0 Å². The minimum Gasteiger partial charge on any atom is -0.272 e. The largest absolute Gasteiger partial charge is 0.301 e. The number of anilines is 1. The Morgan fingerprint density at radius 1 is 1.30 bits per heavy atom. The Labute approximate surface area is 115 Å². The van der Waals surface area contributed by atoms with Gasteiger partial charge in [-0.05, 0) is 25.3 Å². The molecule has 0 saturated carbocycles. The van der Waals surface area contributed by atoms with Crippen LogP contribution >= 0.6 is 0 Å². The van der Waals surface area contributed by atoms with Crippen LogP contribution in [-0.2, 0) is 0 Å². The molecule has 0 atom stereocenters. The zero-order chi connectivity index (χ0) is 15.3. The van der Waals surface area contributed by atoms with E-state index < -0.39 is 9.85 Å². The van der Waals surface area contributed by atoms with Crippen LogP contribution in [0.25, 0.3) is 0 Å². The van der Waals surface area contributed by atoms with E-state index in [2.05, 4.69) is 10.5 Å². The number of nitro benzene ring substituents is 2. The zero-order valence-electron chi connectivity index (χ0n) is 11.5. The van der Waals surface area contributed by atoms with E-state index in [1.807, 2.05) is 20.8 Å². The average molecular weight is 280 g/mol. The first-order valence-electron chi connectivity index (χ1n) is 6.03. The van der Waals surface area contributed by atoms with Crippen molar-refractivity contribution < 1.29 is 9.85 Å². The molecule has 108 valence electrons. The molecule has 0 aliphatic heterocycles. The average Bonchev–Trinajstić information content (AvgIpc) is 2.35. The Morgan fingerprint density at radius 2 is 1.95 bits per heavy atom. The summed E-state index contributed by atoms with van der Waals surface area (Å²) in [5.74, 6) is 0.424. The number of non-ortho nitro benzene ring substituents is 1. The van der Waals surface area contributed by atoms with Gasteiger partial charge >= 0.3 is 5.69 Å². The summed E-state index contributed by atoms with van der Waals surface area (Å²) >= 11 is 0. The van der Waals surface area contributed by atoms with Gasteiger partial charge in [-0.15, -0.1) is 0 Å². The van der Waals surface area contributed by atoms with Crippen molar-refractivity contribution >= 4 is 22.8 Å². The smallest absolute Gasteiger partial charge is 0.272 e. The van der Waals surface area contributed by atoms with Crippen LogP contribution in [0.3, 0.4) is 0 Å². The number of nitrogens with zero attached hydrogens (tertiary/aromatic N) is 3. The fourth-order valence-corrected chi connectivity index (χ4v) is 1.67. The third-order valence-corrected chi connectivity index (χ3v) is 2.46. The second-order valence-corrected chi connectivity index (χ2v) is 4.77. The highest BCUT2D eigenvalue weighted by Gasteiger charge is 2.19. The first kappa shape index (κ1) is 15.5. The van der Waals surface area contributed by atoms with E-state index in [-0.39, 0.29) is 17.1 Å². The van der Waals surface area contributed by atoms with Crippen LogP contribution in [-0.4, -0.2) is 15.6 Å². The first-order valence-corrected chi connectivity index (χ1v) is 6.03. The van der Waals surface area contributed by atoms with E-state index in [0.717, 1.165) is 18.2 Å². The van der Waals surface area contributed by atoms with Gasteiger partial charge in [0.05, 0.1) is 15.9 Å². The molecule has 0 radical (unpaired) electrons. The van der Waals surface area contributed by atoms with Crippen molar-refractivity contribution in [2.75, 3.05) is 5.43 Å². The van der Waals surface area contributed by atoms with Gasteiger partial charge in [-0.2, -0.15) is 5.10 Å². The molecule has 0 heterocycles. The second-order valence-electron chi connectivity index (χ2n) is 4.77. The number of nitrogens with one attached hydrogen (secondary N) is 1. The van der Waals surface area contributed by atoms with Gasteiger partial charge < -0.3 is 0 Å². The van der Waals surface area contributed by atoms with Crippen molar-refractivity contribution in [3.63, 3.8) is 0 Å². The predicted molar refractivity (Wildman–Crippen MR) is 75.9 cm³/mol. The van der Waals surface area contributed by atoms with E-state index in [9.17, 15) is 20.2 Å². The van der Waals surface area contributed by atoms with Gasteiger partial charge in [0, 0.05) is 11.8 Å². The van der Waals surface area contributed by atoms with Crippen molar-refractivity contribution in [2.24, 2.45) is 11.0 Å². The van der Waals surface area contributed by atoms with Gasteiger partial charge in [0.15, 0.2) is 0 Å². The lowest BCUT2D eigenvalue weighted by Gasteiger charge is -2.06. The molecule has 0 amide bonds. The molecule has 1 aromatic rings. The van der Waals surface area contributed by atoms with Gasteiger partial charge in [-0.1, -0.05) is 13.8 Å². The zero-order valence-corrected chi connectivity index (χ0v) is 11.5. The number of hydrogen-bond donors (Lipinski definition) is 1. The molecule has 8 nitrogen and oxygen atoms in total. The Balaban J connectivity index is 3.00. The van der Waals surface area contributed by atoms with Crippen molar-refractivity contribution in [3.05, 3.63) is 38.4 Å². The van der Waals surface area contributed by atoms with Crippen molar-refractivity contribution in [3.8, 4) is 0 Å². The number of rotatable bonds is 6. The van der Waals surface area contributed by atoms with E-state index in [1.54, 1.807) is 0 Å². The number of benzene rings is 1. The molecule has 0 aliphatic carbocycles. The lowest BCUT2D eigenvalue weighted by atomic mass is 10.1. The van der Waals surface area contributed by atoms with Gasteiger partial charge in [0.1, 0.15) is 5.69 Å². The minimum atomic E-state index is -0.678. The Morgan fingerprint density at radius 3 is 2.45 bits per heavy atom. The Hall–Kier alpha value is -2.51. The fraction of sp³-hybridized carbons (Fsp3) is 0.417. The van der Waals surface area contributed by atoms with E-state index in [0.29, 0.717) is 5.92 Å². The topological polar surface area (TPSA) is 111 Å². The van der Waals surface area contributed by atoms with E-state index in [4.69, 9.17) is 0 Å². The lowest BCUT2D eigenvalue weighted by Crippen LogP contribution is -2.03. The number of hydrogen-bond acceptors (Lipinski definition) is 6. The van der Waals surface area contributed by atoms with Gasteiger partial charge in [-0.3, -0.25) is 25.7 Å². The summed E-state index contributed by atoms with van der Waals surface area (Å²) in [4.78, 5) is 20.2. The van der Waals surface area contributed by atoms with Crippen LogP contribution in [0.1, 0.15) is 27.2 Å². The highest BCUT2D eigenvalue weighted by atomic mass is 16.6. The molecule has 0 aliphatic rings. The molecule has 0 spiro atoms. The highest BCUT2D eigenvalue weighted by molar-refractivity contribution is 5.83. The normalized spacial score (nSPS) is 11.5. The van der Waals surface area contributed by atoms with Crippen LogP contribution in [0, 0.1) is 26.1 Å². The molecule has 1 aromatic carbocycles. The molecular formula is C12H16N4O4. The fourth-order valence-electron chi connectivity index (χ4n) is 1.67. The maximum atomic E-state index is 10.9. The third kappa shape index (κ3) is 4.30. The molecule has 8 heteroatoms. The Bertz CT molecular complexity index is 554. The number of hydrazone groups is 1. The molecule has 1 N–H and O–H groups in total. The maximum Gasteiger partial charge on any atom is 0.301 e. The lowest BCUT2D eigenvalue weighted by molar-refractivity contribution is -0.393. The van der Waals surface area contributed by atoms with Gasteiger partial charge in [-0.25, -0.2) is 0 Å². The summed E-state index contributed by atoms with van der Waals surface area (Å²) in [7, 11) is 0. The van der Waals surface area contributed by atoms with Crippen molar-refractivity contribution in [1.29, 1.82) is 0 Å². The van der Waals surface area contributed by atoms with E-state index >= 15 is 0 Å². The molecular weight excluding hydrogens is 264 g/mol.